The third-order valence-corrected chi connectivity index (χ3v) is 4.64. The molecular formula is C22H21N5O2. The fourth-order valence-corrected chi connectivity index (χ4v) is 3.28. The van der Waals surface area contributed by atoms with E-state index >= 15 is 0 Å². The highest BCUT2D eigenvalue weighted by Gasteiger charge is 2.18. The van der Waals surface area contributed by atoms with Crippen LogP contribution < -0.4 is 15.8 Å². The molecule has 0 unspecified atom stereocenters. The molecule has 1 amide bonds. The van der Waals surface area contributed by atoms with Crippen molar-refractivity contribution in [3.63, 3.8) is 0 Å². The minimum absolute atomic E-state index is 0.309. The first-order chi connectivity index (χ1) is 14.0. The van der Waals surface area contributed by atoms with E-state index in [1.165, 1.54) is 6.20 Å². The molecular weight excluding hydrogens is 366 g/mol. The zero-order chi connectivity index (χ0) is 20.4. The van der Waals surface area contributed by atoms with Crippen LogP contribution in [0.2, 0.25) is 0 Å². The number of hydrogen-bond donors (Lipinski definition) is 2. The van der Waals surface area contributed by atoms with Crippen LogP contribution in [-0.2, 0) is 13.7 Å². The number of aromatic nitrogens is 3. The summed E-state index contributed by atoms with van der Waals surface area (Å²) >= 11 is 0. The van der Waals surface area contributed by atoms with Crippen molar-refractivity contribution in [1.82, 2.24) is 14.8 Å². The summed E-state index contributed by atoms with van der Waals surface area (Å²) in [6, 6.07) is 17.5. The number of ether oxygens (including phenoxy) is 1. The zero-order valence-electron chi connectivity index (χ0n) is 16.2. The number of primary amides is 1. The van der Waals surface area contributed by atoms with E-state index in [4.69, 9.17) is 10.5 Å². The normalized spacial score (nSPS) is 10.8. The second kappa shape index (κ2) is 7.63. The number of nitrogens with zero attached hydrogens (tertiary/aromatic N) is 3. The van der Waals surface area contributed by atoms with E-state index in [0.29, 0.717) is 29.3 Å². The number of hydrogen-bond acceptors (Lipinski definition) is 5. The van der Waals surface area contributed by atoms with Crippen LogP contribution in [0.3, 0.4) is 0 Å². The quantitative estimate of drug-likeness (QED) is 0.526. The SMILES string of the molecule is Cc1nn(C)c2ncc(C(N)=O)c(Nc3cccc(OCc4ccccc4)c3)c12. The molecule has 0 radical (unpaired) electrons. The molecule has 29 heavy (non-hydrogen) atoms. The van der Waals surface area contributed by atoms with Gasteiger partial charge >= 0.3 is 0 Å². The van der Waals surface area contributed by atoms with Crippen molar-refractivity contribution >= 4 is 28.3 Å². The molecule has 2 heterocycles. The van der Waals surface area contributed by atoms with E-state index in [0.717, 1.165) is 22.3 Å². The Hall–Kier alpha value is -3.87. The van der Waals surface area contributed by atoms with Gasteiger partial charge in [-0.25, -0.2) is 4.98 Å². The number of carbonyl (C=O) groups is 1. The largest absolute Gasteiger partial charge is 0.489 e. The number of benzene rings is 2. The van der Waals surface area contributed by atoms with Gasteiger partial charge in [0.2, 0.25) is 0 Å². The minimum Gasteiger partial charge on any atom is -0.489 e. The summed E-state index contributed by atoms with van der Waals surface area (Å²) in [5.74, 6) is 0.161. The van der Waals surface area contributed by atoms with E-state index in [2.05, 4.69) is 15.4 Å². The summed E-state index contributed by atoms with van der Waals surface area (Å²) in [4.78, 5) is 16.3. The topological polar surface area (TPSA) is 95.1 Å². The second-order valence-electron chi connectivity index (χ2n) is 6.75. The van der Waals surface area contributed by atoms with Crippen molar-refractivity contribution in [1.29, 1.82) is 0 Å². The highest BCUT2D eigenvalue weighted by Crippen LogP contribution is 2.32. The Morgan fingerprint density at radius 1 is 1.17 bits per heavy atom. The molecule has 7 heteroatoms. The molecule has 7 nitrogen and oxygen atoms in total. The van der Waals surface area contributed by atoms with Crippen LogP contribution in [0.4, 0.5) is 11.4 Å². The number of anilines is 2. The van der Waals surface area contributed by atoms with Crippen molar-refractivity contribution in [2.75, 3.05) is 5.32 Å². The predicted octanol–water partition coefficient (Wildman–Crippen LogP) is 3.70. The maximum Gasteiger partial charge on any atom is 0.252 e. The van der Waals surface area contributed by atoms with E-state index in [-0.39, 0.29) is 0 Å². The Morgan fingerprint density at radius 3 is 2.72 bits per heavy atom. The van der Waals surface area contributed by atoms with Crippen LogP contribution in [0.15, 0.2) is 60.8 Å². The molecule has 0 saturated carbocycles. The second-order valence-corrected chi connectivity index (χ2v) is 6.75. The zero-order valence-corrected chi connectivity index (χ0v) is 16.2. The molecule has 0 spiro atoms. The highest BCUT2D eigenvalue weighted by molar-refractivity contribution is 6.07. The van der Waals surface area contributed by atoms with Crippen molar-refractivity contribution < 1.29 is 9.53 Å². The molecule has 0 fully saturated rings. The molecule has 2 aromatic carbocycles. The highest BCUT2D eigenvalue weighted by atomic mass is 16.5. The molecule has 3 N–H and O–H groups in total. The number of nitrogens with one attached hydrogen (secondary N) is 1. The molecule has 2 aromatic heterocycles. The molecule has 0 aliphatic rings. The van der Waals surface area contributed by atoms with Gasteiger partial charge in [0.05, 0.1) is 22.3 Å². The first kappa shape index (κ1) is 18.5. The summed E-state index contributed by atoms with van der Waals surface area (Å²) in [5.41, 5.74) is 9.78. The van der Waals surface area contributed by atoms with Gasteiger partial charge in [-0.15, -0.1) is 0 Å². The Bertz CT molecular complexity index is 1180. The first-order valence-corrected chi connectivity index (χ1v) is 9.19. The van der Waals surface area contributed by atoms with Crippen LogP contribution in [0.1, 0.15) is 21.6 Å². The van der Waals surface area contributed by atoms with Gasteiger partial charge in [0.25, 0.3) is 5.91 Å². The van der Waals surface area contributed by atoms with Gasteiger partial charge in [-0.2, -0.15) is 5.10 Å². The Morgan fingerprint density at radius 2 is 1.97 bits per heavy atom. The van der Waals surface area contributed by atoms with Crippen molar-refractivity contribution in [2.45, 2.75) is 13.5 Å². The number of amides is 1. The summed E-state index contributed by atoms with van der Waals surface area (Å²) in [6.45, 7) is 2.34. The van der Waals surface area contributed by atoms with Crippen molar-refractivity contribution in [2.24, 2.45) is 12.8 Å². The molecule has 4 aromatic rings. The number of carbonyl (C=O) groups excluding carboxylic acids is 1. The lowest BCUT2D eigenvalue weighted by Gasteiger charge is -2.13. The minimum atomic E-state index is -0.554. The maximum absolute atomic E-state index is 12.0. The average molecular weight is 387 g/mol. The number of nitrogens with two attached hydrogens (primary N) is 1. The van der Waals surface area contributed by atoms with Crippen molar-refractivity contribution in [3.05, 3.63) is 77.6 Å². The molecule has 146 valence electrons. The summed E-state index contributed by atoms with van der Waals surface area (Å²) in [6.07, 6.45) is 1.48. The maximum atomic E-state index is 12.0. The monoisotopic (exact) mass is 387 g/mol. The van der Waals surface area contributed by atoms with Crippen LogP contribution in [0, 0.1) is 6.92 Å². The lowest BCUT2D eigenvalue weighted by Crippen LogP contribution is -2.14. The van der Waals surface area contributed by atoms with Crippen LogP contribution in [0.5, 0.6) is 5.75 Å². The predicted molar refractivity (Wildman–Crippen MR) is 112 cm³/mol. The van der Waals surface area contributed by atoms with Gasteiger partial charge in [-0.05, 0) is 24.6 Å². The third kappa shape index (κ3) is 3.75. The fraction of sp³-hybridized carbons (Fsp3) is 0.136. The van der Waals surface area contributed by atoms with E-state index in [1.807, 2.05) is 68.6 Å². The van der Waals surface area contributed by atoms with Gasteiger partial charge in [0.15, 0.2) is 5.65 Å². The first-order valence-electron chi connectivity index (χ1n) is 9.19. The number of fused-ring (bicyclic) bond motifs is 1. The Balaban J connectivity index is 1.66. The lowest BCUT2D eigenvalue weighted by molar-refractivity contribution is 0.100. The summed E-state index contributed by atoms with van der Waals surface area (Å²) in [5, 5.41) is 8.49. The van der Waals surface area contributed by atoms with E-state index < -0.39 is 5.91 Å². The third-order valence-electron chi connectivity index (χ3n) is 4.64. The fourth-order valence-electron chi connectivity index (χ4n) is 3.28. The standard InChI is InChI=1S/C22H21N5O2/c1-14-19-20(18(21(23)28)12-24-22(19)27(2)26-14)25-16-9-6-10-17(11-16)29-13-15-7-4-3-5-8-15/h3-12H,13H2,1-2H3,(H2,23,28)(H,24,25). The smallest absolute Gasteiger partial charge is 0.252 e. The van der Waals surface area contributed by atoms with Crippen molar-refractivity contribution in [3.8, 4) is 5.75 Å². The van der Waals surface area contributed by atoms with Gasteiger partial charge in [-0.1, -0.05) is 36.4 Å². The summed E-state index contributed by atoms with van der Waals surface area (Å²) < 4.78 is 7.58. The molecule has 4 rings (SSSR count). The van der Waals surface area contributed by atoms with Crippen LogP contribution in [0.25, 0.3) is 11.0 Å². The molecule has 0 aliphatic carbocycles. The number of rotatable bonds is 6. The van der Waals surface area contributed by atoms with Gasteiger partial charge in [0, 0.05) is 25.0 Å². The summed E-state index contributed by atoms with van der Waals surface area (Å²) in [7, 11) is 1.81. The average Bonchev–Trinajstić information content (AvgIpc) is 3.01. The number of pyridine rings is 1. The van der Waals surface area contributed by atoms with E-state index in [1.54, 1.807) is 4.68 Å². The lowest BCUT2D eigenvalue weighted by atomic mass is 10.1. The molecule has 0 aliphatic heterocycles. The molecule has 0 bridgehead atoms. The van der Waals surface area contributed by atoms with Gasteiger partial charge in [0.1, 0.15) is 12.4 Å². The molecule has 0 saturated heterocycles. The van der Waals surface area contributed by atoms with Crippen LogP contribution >= 0.6 is 0 Å². The number of aryl methyl sites for hydroxylation is 2. The Labute approximate surface area is 168 Å². The van der Waals surface area contributed by atoms with E-state index in [9.17, 15) is 4.79 Å². The van der Waals surface area contributed by atoms with Gasteiger partial charge in [-0.3, -0.25) is 9.48 Å². The van der Waals surface area contributed by atoms with Gasteiger partial charge < -0.3 is 15.8 Å². The van der Waals surface area contributed by atoms with Crippen LogP contribution in [-0.4, -0.2) is 20.7 Å². The molecule has 0 atom stereocenters. The Kier molecular flexibility index (Phi) is 4.87.